The quantitative estimate of drug-likeness (QED) is 0.318. The van der Waals surface area contributed by atoms with Crippen molar-refractivity contribution < 1.29 is 51.5 Å². The second-order valence-electron chi connectivity index (χ2n) is 4.08. The molecule has 0 saturated heterocycles. The first kappa shape index (κ1) is 19.6. The van der Waals surface area contributed by atoms with Gasteiger partial charge in [-0.2, -0.15) is 43.2 Å². The second kappa shape index (κ2) is 6.22. The summed E-state index contributed by atoms with van der Waals surface area (Å²) in [6.07, 6.45) is 0.904. The van der Waals surface area contributed by atoms with Gasteiger partial charge in [-0.15, -0.1) is 0 Å². The number of allylic oxidation sites excluding steroid dienone is 2. The molecule has 6 nitrogen and oxygen atoms in total. The maximum Gasteiger partial charge on any atom is 0.534 e. The van der Waals surface area contributed by atoms with E-state index in [-0.39, 0.29) is 25.5 Å². The van der Waals surface area contributed by atoms with E-state index in [1.807, 2.05) is 0 Å². The highest BCUT2D eigenvalue weighted by molar-refractivity contribution is 7.88. The van der Waals surface area contributed by atoms with Gasteiger partial charge in [0.15, 0.2) is 0 Å². The Balaban J connectivity index is 3.06. The predicted molar refractivity (Wildman–Crippen MR) is 62.1 cm³/mol. The number of rotatable bonds is 4. The fourth-order valence-electron chi connectivity index (χ4n) is 1.33. The molecule has 0 amide bonds. The highest BCUT2D eigenvalue weighted by Gasteiger charge is 2.50. The Bertz CT molecular complexity index is 713. The molecule has 134 valence electrons. The summed E-state index contributed by atoms with van der Waals surface area (Å²) in [5.41, 5.74) is -12.1. The molecular formula is C9H8F6O6S2. The first-order valence-corrected chi connectivity index (χ1v) is 8.39. The SMILES string of the molecule is O=S(=O)(O/C=C1\CCCC=C1OS(=O)(=O)C(F)(F)F)C(F)(F)F. The molecule has 0 heterocycles. The zero-order valence-corrected chi connectivity index (χ0v) is 12.4. The highest BCUT2D eigenvalue weighted by atomic mass is 32.2. The molecule has 1 rings (SSSR count). The fraction of sp³-hybridized carbons (Fsp3) is 0.556. The molecule has 0 aliphatic heterocycles. The molecule has 0 spiro atoms. The van der Waals surface area contributed by atoms with Crippen LogP contribution < -0.4 is 0 Å². The maximum atomic E-state index is 12.2. The Hall–Kier alpha value is -1.44. The van der Waals surface area contributed by atoms with E-state index in [0.29, 0.717) is 0 Å². The van der Waals surface area contributed by atoms with E-state index in [9.17, 15) is 43.2 Å². The minimum absolute atomic E-state index is 0.000287. The van der Waals surface area contributed by atoms with Crippen LogP contribution in [0.5, 0.6) is 0 Å². The number of hydrogen-bond acceptors (Lipinski definition) is 6. The molecule has 0 unspecified atom stereocenters. The van der Waals surface area contributed by atoms with Crippen LogP contribution in [0.1, 0.15) is 19.3 Å². The van der Waals surface area contributed by atoms with Gasteiger partial charge in [0.05, 0.1) is 0 Å². The van der Waals surface area contributed by atoms with Crippen molar-refractivity contribution in [1.82, 2.24) is 0 Å². The summed E-state index contributed by atoms with van der Waals surface area (Å²) in [7, 11) is -12.1. The van der Waals surface area contributed by atoms with E-state index in [1.54, 1.807) is 0 Å². The summed E-state index contributed by atoms with van der Waals surface area (Å²) in [5.74, 6) is -0.939. The smallest absolute Gasteiger partial charge is 0.384 e. The van der Waals surface area contributed by atoms with Crippen LogP contribution in [0.15, 0.2) is 23.7 Å². The third kappa shape index (κ3) is 4.76. The van der Waals surface area contributed by atoms with Crippen molar-refractivity contribution in [2.45, 2.75) is 30.3 Å². The molecule has 14 heteroatoms. The maximum absolute atomic E-state index is 12.2. The Morgan fingerprint density at radius 1 is 0.957 bits per heavy atom. The van der Waals surface area contributed by atoms with Gasteiger partial charge < -0.3 is 8.37 Å². The van der Waals surface area contributed by atoms with Gasteiger partial charge in [-0.25, -0.2) is 0 Å². The molecule has 0 aromatic carbocycles. The molecule has 23 heavy (non-hydrogen) atoms. The lowest BCUT2D eigenvalue weighted by Crippen LogP contribution is -2.26. The molecule has 0 saturated carbocycles. The topological polar surface area (TPSA) is 86.7 Å². The second-order valence-corrected chi connectivity index (χ2v) is 7.18. The van der Waals surface area contributed by atoms with Crippen LogP contribution in [0.2, 0.25) is 0 Å². The first-order valence-electron chi connectivity index (χ1n) is 5.57. The Morgan fingerprint density at radius 3 is 1.96 bits per heavy atom. The standard InChI is InChI=1S/C9H8F6O6S2/c10-8(11,12)22(16,17)20-5-6-3-1-2-4-7(6)21-23(18,19)9(13,14)15/h4-5H,1-3H2/b6-5+. The van der Waals surface area contributed by atoms with E-state index >= 15 is 0 Å². The van der Waals surface area contributed by atoms with Crippen LogP contribution in [0.3, 0.4) is 0 Å². The molecule has 0 fully saturated rings. The molecule has 0 aromatic heterocycles. The van der Waals surface area contributed by atoms with Crippen LogP contribution in [-0.2, 0) is 28.6 Å². The lowest BCUT2D eigenvalue weighted by molar-refractivity contribution is -0.0521. The van der Waals surface area contributed by atoms with E-state index in [1.165, 1.54) is 0 Å². The van der Waals surface area contributed by atoms with Crippen LogP contribution >= 0.6 is 0 Å². The zero-order chi connectivity index (χ0) is 18.1. The van der Waals surface area contributed by atoms with E-state index in [4.69, 9.17) is 0 Å². The van der Waals surface area contributed by atoms with Gasteiger partial charge in [-0.3, -0.25) is 0 Å². The lowest BCUT2D eigenvalue weighted by atomic mass is 10.0. The summed E-state index contributed by atoms with van der Waals surface area (Å²) in [5, 5.41) is 0. The van der Waals surface area contributed by atoms with Gasteiger partial charge in [0.25, 0.3) is 0 Å². The van der Waals surface area contributed by atoms with Crippen molar-refractivity contribution in [3.8, 4) is 0 Å². The average Bonchev–Trinajstić information content (AvgIpc) is 2.34. The van der Waals surface area contributed by atoms with Gasteiger partial charge in [-0.1, -0.05) is 0 Å². The molecule has 0 atom stereocenters. The van der Waals surface area contributed by atoms with Crippen molar-refractivity contribution in [3.05, 3.63) is 23.7 Å². The monoisotopic (exact) mass is 390 g/mol. The van der Waals surface area contributed by atoms with Crippen LogP contribution in [-0.4, -0.2) is 27.9 Å². The first-order chi connectivity index (χ1) is 10.2. The predicted octanol–water partition coefficient (Wildman–Crippen LogP) is 2.67. The molecule has 0 radical (unpaired) electrons. The zero-order valence-electron chi connectivity index (χ0n) is 10.8. The van der Waals surface area contributed by atoms with E-state index in [0.717, 1.165) is 6.08 Å². The molecule has 1 aliphatic rings. The van der Waals surface area contributed by atoms with Crippen LogP contribution in [0.4, 0.5) is 26.3 Å². The minimum atomic E-state index is -6.05. The average molecular weight is 390 g/mol. The fourth-order valence-corrected chi connectivity index (χ4v) is 2.18. The highest BCUT2D eigenvalue weighted by Crippen LogP contribution is 2.33. The van der Waals surface area contributed by atoms with Gasteiger partial charge in [0.1, 0.15) is 12.0 Å². The number of hydrogen-bond donors (Lipinski definition) is 0. The third-order valence-electron chi connectivity index (χ3n) is 2.38. The Labute approximate surface area is 126 Å². The van der Waals surface area contributed by atoms with E-state index < -0.39 is 42.6 Å². The summed E-state index contributed by atoms with van der Waals surface area (Å²) in [4.78, 5) is 0. The molecular weight excluding hydrogens is 382 g/mol. The van der Waals surface area contributed by atoms with Crippen LogP contribution in [0.25, 0.3) is 0 Å². The van der Waals surface area contributed by atoms with Crippen molar-refractivity contribution in [3.63, 3.8) is 0 Å². The lowest BCUT2D eigenvalue weighted by Gasteiger charge is -2.18. The molecule has 0 N–H and O–H groups in total. The molecule has 0 bridgehead atoms. The van der Waals surface area contributed by atoms with Crippen molar-refractivity contribution in [2.24, 2.45) is 0 Å². The van der Waals surface area contributed by atoms with Gasteiger partial charge in [0, 0.05) is 5.57 Å². The summed E-state index contributed by atoms with van der Waals surface area (Å²) < 4.78 is 123. The third-order valence-corrected chi connectivity index (χ3v) is 4.26. The Morgan fingerprint density at radius 2 is 1.48 bits per heavy atom. The van der Waals surface area contributed by atoms with Crippen molar-refractivity contribution in [1.29, 1.82) is 0 Å². The van der Waals surface area contributed by atoms with Crippen molar-refractivity contribution in [2.75, 3.05) is 0 Å². The number of halogens is 6. The van der Waals surface area contributed by atoms with Gasteiger partial charge >= 0.3 is 31.3 Å². The Kier molecular flexibility index (Phi) is 5.30. The van der Waals surface area contributed by atoms with Crippen LogP contribution in [0, 0.1) is 0 Å². The number of alkyl halides is 6. The summed E-state index contributed by atoms with van der Waals surface area (Å²) in [6.45, 7) is 0. The minimum Gasteiger partial charge on any atom is -0.384 e. The largest absolute Gasteiger partial charge is 0.534 e. The van der Waals surface area contributed by atoms with E-state index in [2.05, 4.69) is 8.37 Å². The van der Waals surface area contributed by atoms with Gasteiger partial charge in [-0.05, 0) is 25.3 Å². The van der Waals surface area contributed by atoms with Gasteiger partial charge in [0.2, 0.25) is 0 Å². The molecule has 1 aliphatic carbocycles. The summed E-state index contributed by atoms with van der Waals surface area (Å²) in [6, 6.07) is 0. The molecule has 0 aromatic rings. The normalized spacial score (nSPS) is 19.4. The summed E-state index contributed by atoms with van der Waals surface area (Å²) >= 11 is 0. The van der Waals surface area contributed by atoms with Crippen molar-refractivity contribution >= 4 is 20.2 Å².